The van der Waals surface area contributed by atoms with E-state index in [9.17, 15) is 4.39 Å². The minimum atomic E-state index is -0.236. The second-order valence-electron chi connectivity index (χ2n) is 3.88. The summed E-state index contributed by atoms with van der Waals surface area (Å²) < 4.78 is 14.5. The number of allylic oxidation sites excluding steroid dienone is 1. The molecule has 1 aromatic carbocycles. The van der Waals surface area contributed by atoms with Crippen molar-refractivity contribution in [3.05, 3.63) is 53.6 Å². The van der Waals surface area contributed by atoms with E-state index in [-0.39, 0.29) is 5.82 Å². The predicted octanol–water partition coefficient (Wildman–Crippen LogP) is 3.43. The van der Waals surface area contributed by atoms with Crippen molar-refractivity contribution in [1.82, 2.24) is 9.78 Å². The zero-order chi connectivity index (χ0) is 11.5. The second kappa shape index (κ2) is 4.31. The smallest absolute Gasteiger partial charge is 0.123 e. The molecule has 0 atom stereocenters. The standard InChI is InChI=1S/C13H13FN2/c1-10(2)9-12-7-8-16(15-12)13-5-3-11(14)4-6-13/h3-9H,1-2H3. The fourth-order valence-electron chi connectivity index (χ4n) is 1.45. The quantitative estimate of drug-likeness (QED) is 0.752. The summed E-state index contributed by atoms with van der Waals surface area (Å²) in [4.78, 5) is 0. The predicted molar refractivity (Wildman–Crippen MR) is 62.8 cm³/mol. The molecule has 2 rings (SSSR count). The third kappa shape index (κ3) is 2.37. The van der Waals surface area contributed by atoms with Crippen molar-refractivity contribution in [2.45, 2.75) is 13.8 Å². The molecule has 82 valence electrons. The monoisotopic (exact) mass is 216 g/mol. The van der Waals surface area contributed by atoms with Crippen molar-refractivity contribution in [3.8, 4) is 5.69 Å². The van der Waals surface area contributed by atoms with Gasteiger partial charge in [-0.1, -0.05) is 5.57 Å². The van der Waals surface area contributed by atoms with Gasteiger partial charge in [-0.15, -0.1) is 0 Å². The zero-order valence-electron chi connectivity index (χ0n) is 9.31. The molecule has 2 aromatic rings. The molecular weight excluding hydrogens is 203 g/mol. The summed E-state index contributed by atoms with van der Waals surface area (Å²) in [6, 6.07) is 8.19. The second-order valence-corrected chi connectivity index (χ2v) is 3.88. The van der Waals surface area contributed by atoms with E-state index in [4.69, 9.17) is 0 Å². The normalized spacial score (nSPS) is 10.2. The SMILES string of the molecule is CC(C)=Cc1ccn(-c2ccc(F)cc2)n1. The summed E-state index contributed by atoms with van der Waals surface area (Å²) in [5.74, 6) is -0.236. The number of aromatic nitrogens is 2. The number of benzene rings is 1. The van der Waals surface area contributed by atoms with Crippen molar-refractivity contribution >= 4 is 6.08 Å². The maximum Gasteiger partial charge on any atom is 0.123 e. The highest BCUT2D eigenvalue weighted by atomic mass is 19.1. The van der Waals surface area contributed by atoms with Crippen molar-refractivity contribution in [2.75, 3.05) is 0 Å². The molecule has 0 aliphatic carbocycles. The summed E-state index contributed by atoms with van der Waals surface area (Å²) in [5, 5.41) is 4.37. The molecule has 0 fully saturated rings. The van der Waals surface area contributed by atoms with E-state index in [0.29, 0.717) is 0 Å². The van der Waals surface area contributed by atoms with Gasteiger partial charge < -0.3 is 0 Å². The molecule has 0 aliphatic rings. The minimum Gasteiger partial charge on any atom is -0.240 e. The maximum absolute atomic E-state index is 12.7. The molecule has 0 N–H and O–H groups in total. The lowest BCUT2D eigenvalue weighted by molar-refractivity contribution is 0.627. The van der Waals surface area contributed by atoms with Gasteiger partial charge in [-0.3, -0.25) is 0 Å². The first-order valence-electron chi connectivity index (χ1n) is 5.12. The van der Waals surface area contributed by atoms with Gasteiger partial charge in [0.15, 0.2) is 0 Å². The van der Waals surface area contributed by atoms with Crippen LogP contribution in [0.1, 0.15) is 19.5 Å². The van der Waals surface area contributed by atoms with E-state index in [1.165, 1.54) is 17.7 Å². The summed E-state index contributed by atoms with van der Waals surface area (Å²) in [6.07, 6.45) is 3.86. The van der Waals surface area contributed by atoms with Gasteiger partial charge in [-0.25, -0.2) is 9.07 Å². The van der Waals surface area contributed by atoms with E-state index in [0.717, 1.165) is 11.4 Å². The molecule has 2 nitrogen and oxygen atoms in total. The van der Waals surface area contributed by atoms with Crippen LogP contribution in [0.2, 0.25) is 0 Å². The number of halogens is 1. The van der Waals surface area contributed by atoms with Crippen LogP contribution in [0.3, 0.4) is 0 Å². The largest absolute Gasteiger partial charge is 0.240 e. The molecule has 3 heteroatoms. The molecule has 0 amide bonds. The van der Waals surface area contributed by atoms with Gasteiger partial charge in [0.1, 0.15) is 5.82 Å². The zero-order valence-corrected chi connectivity index (χ0v) is 9.31. The van der Waals surface area contributed by atoms with Crippen LogP contribution in [0.4, 0.5) is 4.39 Å². The van der Waals surface area contributed by atoms with Gasteiger partial charge in [0.25, 0.3) is 0 Å². The van der Waals surface area contributed by atoms with Crippen LogP contribution in [0.15, 0.2) is 42.1 Å². The third-order valence-electron chi connectivity index (χ3n) is 2.14. The molecule has 0 saturated heterocycles. The average Bonchev–Trinajstić information content (AvgIpc) is 2.66. The van der Waals surface area contributed by atoms with Crippen molar-refractivity contribution in [2.24, 2.45) is 0 Å². The lowest BCUT2D eigenvalue weighted by atomic mass is 10.3. The molecular formula is C13H13FN2. The van der Waals surface area contributed by atoms with Gasteiger partial charge in [-0.05, 0) is 50.3 Å². The topological polar surface area (TPSA) is 17.8 Å². The highest BCUT2D eigenvalue weighted by Crippen LogP contribution is 2.10. The first-order valence-corrected chi connectivity index (χ1v) is 5.12. The maximum atomic E-state index is 12.7. The van der Waals surface area contributed by atoms with Gasteiger partial charge in [0.05, 0.1) is 11.4 Å². The number of nitrogens with zero attached hydrogens (tertiary/aromatic N) is 2. The van der Waals surface area contributed by atoms with Crippen LogP contribution in [0.5, 0.6) is 0 Å². The Bertz CT molecular complexity index is 505. The van der Waals surface area contributed by atoms with Gasteiger partial charge in [-0.2, -0.15) is 5.10 Å². The molecule has 0 bridgehead atoms. The average molecular weight is 216 g/mol. The lowest BCUT2D eigenvalue weighted by Crippen LogP contribution is -1.94. The van der Waals surface area contributed by atoms with Crippen LogP contribution in [0, 0.1) is 5.82 Å². The lowest BCUT2D eigenvalue weighted by Gasteiger charge is -1.99. The van der Waals surface area contributed by atoms with Crippen LogP contribution >= 0.6 is 0 Å². The molecule has 0 spiro atoms. The van der Waals surface area contributed by atoms with Crippen molar-refractivity contribution in [1.29, 1.82) is 0 Å². The van der Waals surface area contributed by atoms with E-state index < -0.39 is 0 Å². The van der Waals surface area contributed by atoms with E-state index in [1.54, 1.807) is 16.8 Å². The Kier molecular flexibility index (Phi) is 2.86. The highest BCUT2D eigenvalue weighted by Gasteiger charge is 1.99. The van der Waals surface area contributed by atoms with Crippen LogP contribution in [0.25, 0.3) is 11.8 Å². The van der Waals surface area contributed by atoms with Crippen LogP contribution in [-0.4, -0.2) is 9.78 Å². The molecule has 0 aliphatic heterocycles. The Hall–Kier alpha value is -1.90. The van der Waals surface area contributed by atoms with E-state index in [1.807, 2.05) is 32.2 Å². The third-order valence-corrected chi connectivity index (χ3v) is 2.14. The van der Waals surface area contributed by atoms with E-state index in [2.05, 4.69) is 5.10 Å². The summed E-state index contributed by atoms with van der Waals surface area (Å²) in [5.41, 5.74) is 2.96. The molecule has 1 heterocycles. The summed E-state index contributed by atoms with van der Waals surface area (Å²) >= 11 is 0. The van der Waals surface area contributed by atoms with Crippen molar-refractivity contribution in [3.63, 3.8) is 0 Å². The fourth-order valence-corrected chi connectivity index (χ4v) is 1.45. The summed E-state index contributed by atoms with van der Waals surface area (Å²) in [6.45, 7) is 4.05. The van der Waals surface area contributed by atoms with Gasteiger partial charge in [0.2, 0.25) is 0 Å². The Morgan fingerprint density at radius 2 is 1.88 bits per heavy atom. The number of rotatable bonds is 2. The minimum absolute atomic E-state index is 0.236. The van der Waals surface area contributed by atoms with Gasteiger partial charge >= 0.3 is 0 Å². The molecule has 1 aromatic heterocycles. The Labute approximate surface area is 94.0 Å². The Balaban J connectivity index is 2.31. The first-order chi connectivity index (χ1) is 7.65. The summed E-state index contributed by atoms with van der Waals surface area (Å²) in [7, 11) is 0. The van der Waals surface area contributed by atoms with Crippen LogP contribution < -0.4 is 0 Å². The Morgan fingerprint density at radius 3 is 2.50 bits per heavy atom. The fraction of sp³-hybridized carbons (Fsp3) is 0.154. The van der Waals surface area contributed by atoms with Crippen LogP contribution in [-0.2, 0) is 0 Å². The van der Waals surface area contributed by atoms with E-state index >= 15 is 0 Å². The molecule has 0 saturated carbocycles. The molecule has 0 radical (unpaired) electrons. The van der Waals surface area contributed by atoms with Crippen molar-refractivity contribution < 1.29 is 4.39 Å². The first kappa shape index (κ1) is 10.6. The molecule has 0 unspecified atom stereocenters. The van der Waals surface area contributed by atoms with Gasteiger partial charge in [0, 0.05) is 6.20 Å². The number of hydrogen-bond acceptors (Lipinski definition) is 1. The Morgan fingerprint density at radius 1 is 1.19 bits per heavy atom. The highest BCUT2D eigenvalue weighted by molar-refractivity contribution is 5.47. The number of hydrogen-bond donors (Lipinski definition) is 0. The molecule has 16 heavy (non-hydrogen) atoms.